The van der Waals surface area contributed by atoms with Crippen LogP contribution < -0.4 is 5.32 Å². The Morgan fingerprint density at radius 1 is 1.35 bits per heavy atom. The van der Waals surface area contributed by atoms with Gasteiger partial charge in [-0.2, -0.15) is 0 Å². The van der Waals surface area contributed by atoms with Crippen molar-refractivity contribution < 1.29 is 9.53 Å². The van der Waals surface area contributed by atoms with E-state index in [-0.39, 0.29) is 11.3 Å². The second-order valence-corrected chi connectivity index (χ2v) is 5.60. The molecule has 0 aromatic rings. The lowest BCUT2D eigenvalue weighted by Crippen LogP contribution is -2.39. The summed E-state index contributed by atoms with van der Waals surface area (Å²) >= 11 is 0. The van der Waals surface area contributed by atoms with E-state index in [4.69, 9.17) is 4.74 Å². The molecule has 0 atom stereocenters. The van der Waals surface area contributed by atoms with E-state index < -0.39 is 0 Å². The number of rotatable bonds is 7. The highest BCUT2D eigenvalue weighted by Crippen LogP contribution is 2.18. The van der Waals surface area contributed by atoms with Crippen LogP contribution in [-0.4, -0.2) is 50.7 Å². The fraction of sp³-hybridized carbons (Fsp3) is 0.923. The molecule has 0 radical (unpaired) electrons. The summed E-state index contributed by atoms with van der Waals surface area (Å²) in [4.78, 5) is 13.7. The van der Waals surface area contributed by atoms with E-state index in [1.54, 1.807) is 7.11 Å². The lowest BCUT2D eigenvalue weighted by Gasteiger charge is -2.25. The van der Waals surface area contributed by atoms with Gasteiger partial charge in [-0.05, 0) is 24.7 Å². The van der Waals surface area contributed by atoms with Crippen molar-refractivity contribution in [2.75, 3.05) is 39.9 Å². The number of hydrogen-bond acceptors (Lipinski definition) is 3. The summed E-state index contributed by atoms with van der Waals surface area (Å²) < 4.78 is 5.08. The molecule has 0 spiro atoms. The van der Waals surface area contributed by atoms with E-state index in [9.17, 15) is 4.79 Å². The molecule has 1 rings (SSSR count). The van der Waals surface area contributed by atoms with E-state index in [0.29, 0.717) is 6.54 Å². The molecule has 0 aromatic carbocycles. The highest BCUT2D eigenvalue weighted by Gasteiger charge is 2.20. The average Bonchev–Trinajstić information content (AvgIpc) is 2.79. The Bertz CT molecular complexity index is 236. The first-order valence-corrected chi connectivity index (χ1v) is 6.52. The zero-order valence-electron chi connectivity index (χ0n) is 11.4. The summed E-state index contributed by atoms with van der Waals surface area (Å²) in [6, 6.07) is 0. The van der Waals surface area contributed by atoms with Gasteiger partial charge >= 0.3 is 0 Å². The van der Waals surface area contributed by atoms with Gasteiger partial charge in [-0.1, -0.05) is 13.8 Å². The third-order valence-electron chi connectivity index (χ3n) is 3.32. The van der Waals surface area contributed by atoms with Crippen LogP contribution in [0.25, 0.3) is 0 Å². The minimum atomic E-state index is 0.182. The topological polar surface area (TPSA) is 41.6 Å². The Hall–Kier alpha value is -0.610. The zero-order chi connectivity index (χ0) is 12.7. The summed E-state index contributed by atoms with van der Waals surface area (Å²) in [5.41, 5.74) is 0.182. The van der Waals surface area contributed by atoms with Crippen LogP contribution in [0.1, 0.15) is 33.1 Å². The molecule has 1 amide bonds. The van der Waals surface area contributed by atoms with Crippen LogP contribution in [0.4, 0.5) is 0 Å². The molecule has 1 saturated heterocycles. The summed E-state index contributed by atoms with van der Waals surface area (Å²) in [7, 11) is 1.72. The van der Waals surface area contributed by atoms with Crippen LogP contribution in [0.2, 0.25) is 0 Å². The Balaban J connectivity index is 2.15. The van der Waals surface area contributed by atoms with E-state index >= 15 is 0 Å². The van der Waals surface area contributed by atoms with E-state index in [2.05, 4.69) is 19.2 Å². The van der Waals surface area contributed by atoms with Gasteiger partial charge in [0.25, 0.3) is 0 Å². The van der Waals surface area contributed by atoms with Crippen LogP contribution in [0.3, 0.4) is 0 Å². The monoisotopic (exact) mass is 242 g/mol. The highest BCUT2D eigenvalue weighted by atomic mass is 16.5. The maximum Gasteiger partial charge on any atom is 0.236 e. The van der Waals surface area contributed by atoms with Crippen molar-refractivity contribution in [3.05, 3.63) is 0 Å². The molecule has 1 aliphatic heterocycles. The maximum absolute atomic E-state index is 11.8. The van der Waals surface area contributed by atoms with Crippen molar-refractivity contribution in [3.8, 4) is 0 Å². The number of methoxy groups -OCH3 is 1. The van der Waals surface area contributed by atoms with Crippen LogP contribution in [-0.2, 0) is 9.53 Å². The van der Waals surface area contributed by atoms with Crippen LogP contribution in [0.5, 0.6) is 0 Å². The van der Waals surface area contributed by atoms with Crippen LogP contribution in [0.15, 0.2) is 0 Å². The molecule has 1 fully saturated rings. The molecule has 1 aliphatic rings. The van der Waals surface area contributed by atoms with Crippen molar-refractivity contribution in [1.82, 2.24) is 10.2 Å². The number of ether oxygens (including phenoxy) is 1. The summed E-state index contributed by atoms with van der Waals surface area (Å²) in [5.74, 6) is 0.241. The van der Waals surface area contributed by atoms with Gasteiger partial charge in [0.2, 0.25) is 5.91 Å². The number of carbonyl (C=O) groups excluding carboxylic acids is 1. The quantitative estimate of drug-likeness (QED) is 0.731. The first-order chi connectivity index (χ1) is 8.05. The second-order valence-electron chi connectivity index (χ2n) is 5.60. The Labute approximate surface area is 105 Å². The number of hydrogen-bond donors (Lipinski definition) is 1. The normalized spacial score (nSPS) is 16.5. The molecule has 0 aromatic heterocycles. The van der Waals surface area contributed by atoms with Gasteiger partial charge < -0.3 is 15.0 Å². The Morgan fingerprint density at radius 2 is 2.00 bits per heavy atom. The van der Waals surface area contributed by atoms with Crippen molar-refractivity contribution in [1.29, 1.82) is 0 Å². The molecular formula is C13H26N2O2. The van der Waals surface area contributed by atoms with Crippen LogP contribution in [0, 0.1) is 5.41 Å². The third kappa shape index (κ3) is 5.50. The number of nitrogens with zero attached hydrogens (tertiary/aromatic N) is 1. The van der Waals surface area contributed by atoms with Gasteiger partial charge in [-0.3, -0.25) is 4.79 Å². The SMILES string of the molecule is COCCC(C)(C)CNCC(=O)N1CCCC1. The van der Waals surface area contributed by atoms with Gasteiger partial charge in [-0.15, -0.1) is 0 Å². The standard InChI is InChI=1S/C13H26N2O2/c1-13(2,6-9-17-3)11-14-10-12(16)15-7-4-5-8-15/h14H,4-11H2,1-3H3. The third-order valence-corrected chi connectivity index (χ3v) is 3.32. The lowest BCUT2D eigenvalue weighted by atomic mass is 9.90. The highest BCUT2D eigenvalue weighted by molar-refractivity contribution is 5.78. The Morgan fingerprint density at radius 3 is 2.59 bits per heavy atom. The zero-order valence-corrected chi connectivity index (χ0v) is 11.4. The molecule has 0 aliphatic carbocycles. The van der Waals surface area contributed by atoms with Crippen molar-refractivity contribution in [3.63, 3.8) is 0 Å². The molecule has 4 heteroatoms. The minimum absolute atomic E-state index is 0.182. The molecule has 0 unspecified atom stereocenters. The van der Waals surface area contributed by atoms with Crippen molar-refractivity contribution >= 4 is 5.91 Å². The summed E-state index contributed by atoms with van der Waals surface area (Å²) in [6.45, 7) is 8.36. The predicted octanol–water partition coefficient (Wildman–Crippen LogP) is 1.26. The largest absolute Gasteiger partial charge is 0.385 e. The molecular weight excluding hydrogens is 216 g/mol. The predicted molar refractivity (Wildman–Crippen MR) is 69.0 cm³/mol. The number of nitrogens with one attached hydrogen (secondary N) is 1. The first kappa shape index (κ1) is 14.5. The lowest BCUT2D eigenvalue weighted by molar-refractivity contribution is -0.129. The number of likely N-dealkylation sites (tertiary alicyclic amines) is 1. The number of carbonyl (C=O) groups is 1. The average molecular weight is 242 g/mol. The summed E-state index contributed by atoms with van der Waals surface area (Å²) in [5, 5.41) is 3.26. The van der Waals surface area contributed by atoms with Gasteiger partial charge in [0.05, 0.1) is 6.54 Å². The van der Waals surface area contributed by atoms with Crippen LogP contribution >= 0.6 is 0 Å². The molecule has 1 N–H and O–H groups in total. The molecule has 0 bridgehead atoms. The molecule has 1 heterocycles. The van der Waals surface area contributed by atoms with Crippen molar-refractivity contribution in [2.45, 2.75) is 33.1 Å². The van der Waals surface area contributed by atoms with E-state index in [1.807, 2.05) is 4.90 Å². The van der Waals surface area contributed by atoms with E-state index in [1.165, 1.54) is 0 Å². The molecule has 4 nitrogen and oxygen atoms in total. The molecule has 17 heavy (non-hydrogen) atoms. The first-order valence-electron chi connectivity index (χ1n) is 6.52. The van der Waals surface area contributed by atoms with Gasteiger partial charge in [0, 0.05) is 33.4 Å². The van der Waals surface area contributed by atoms with E-state index in [0.717, 1.165) is 45.5 Å². The maximum atomic E-state index is 11.8. The fourth-order valence-corrected chi connectivity index (χ4v) is 2.05. The molecule has 0 saturated carbocycles. The van der Waals surface area contributed by atoms with Crippen molar-refractivity contribution in [2.24, 2.45) is 5.41 Å². The second kappa shape index (κ2) is 6.97. The smallest absolute Gasteiger partial charge is 0.236 e. The fourth-order valence-electron chi connectivity index (χ4n) is 2.05. The van der Waals surface area contributed by atoms with Gasteiger partial charge in [0.1, 0.15) is 0 Å². The molecule has 100 valence electrons. The summed E-state index contributed by atoms with van der Waals surface area (Å²) in [6.07, 6.45) is 3.32. The van der Waals surface area contributed by atoms with Gasteiger partial charge in [0.15, 0.2) is 0 Å². The number of amides is 1. The minimum Gasteiger partial charge on any atom is -0.385 e. The Kier molecular flexibility index (Phi) is 5.92. The van der Waals surface area contributed by atoms with Gasteiger partial charge in [-0.25, -0.2) is 0 Å².